The van der Waals surface area contributed by atoms with E-state index in [1.54, 1.807) is 0 Å². The van der Waals surface area contributed by atoms with Crippen molar-refractivity contribution in [2.24, 2.45) is 0 Å². The molecule has 0 amide bonds. The van der Waals surface area contributed by atoms with Crippen LogP contribution >= 0.6 is 11.3 Å². The van der Waals surface area contributed by atoms with E-state index in [0.29, 0.717) is 0 Å². The summed E-state index contributed by atoms with van der Waals surface area (Å²) in [6.45, 7) is 0. The van der Waals surface area contributed by atoms with Crippen molar-refractivity contribution in [3.63, 3.8) is 0 Å². The van der Waals surface area contributed by atoms with Crippen LogP contribution in [0.4, 0.5) is 0 Å². The SMILES string of the molecule is c1ccc(-n2c3ccccc3c3c4sc5c(-c6cccc(-c7nc(-c8cccc9ccccc89)c8ccccc8n7)c6)cccc5c4ccc32)cc1. The average molecular weight is 680 g/mol. The van der Waals surface area contributed by atoms with Gasteiger partial charge in [0.25, 0.3) is 0 Å². The highest BCUT2D eigenvalue weighted by atomic mass is 32.1. The van der Waals surface area contributed by atoms with Crippen molar-refractivity contribution in [1.29, 1.82) is 0 Å². The van der Waals surface area contributed by atoms with Crippen LogP contribution in [0.15, 0.2) is 176 Å². The largest absolute Gasteiger partial charge is 0.309 e. The minimum atomic E-state index is 0.724. The summed E-state index contributed by atoms with van der Waals surface area (Å²) in [6.07, 6.45) is 0. The molecule has 0 aliphatic heterocycles. The quantitative estimate of drug-likeness (QED) is 0.185. The highest BCUT2D eigenvalue weighted by molar-refractivity contribution is 7.27. The third-order valence-electron chi connectivity index (χ3n) is 10.4. The van der Waals surface area contributed by atoms with Gasteiger partial charge in [-0.3, -0.25) is 0 Å². The molecule has 0 N–H and O–H groups in total. The van der Waals surface area contributed by atoms with Gasteiger partial charge in [0.2, 0.25) is 0 Å². The number of thiophene rings is 1. The molecule has 0 atom stereocenters. The van der Waals surface area contributed by atoms with E-state index in [0.717, 1.165) is 39.1 Å². The van der Waals surface area contributed by atoms with E-state index in [2.05, 4.69) is 180 Å². The molecule has 0 bridgehead atoms. The van der Waals surface area contributed by atoms with E-state index in [1.165, 1.54) is 64.0 Å². The molecule has 0 saturated carbocycles. The number of para-hydroxylation sites is 3. The Morgan fingerprint density at radius 1 is 0.423 bits per heavy atom. The van der Waals surface area contributed by atoms with Crippen LogP contribution in [0.3, 0.4) is 0 Å². The highest BCUT2D eigenvalue weighted by Gasteiger charge is 2.19. The summed E-state index contributed by atoms with van der Waals surface area (Å²) in [5.74, 6) is 0.724. The fourth-order valence-electron chi connectivity index (χ4n) is 8.06. The van der Waals surface area contributed by atoms with Gasteiger partial charge in [0.05, 0.1) is 22.2 Å². The summed E-state index contributed by atoms with van der Waals surface area (Å²) in [5, 5.41) is 8.59. The monoisotopic (exact) mass is 679 g/mol. The molecule has 11 aromatic rings. The van der Waals surface area contributed by atoms with E-state index in [1.807, 2.05) is 11.3 Å². The summed E-state index contributed by atoms with van der Waals surface area (Å²) in [4.78, 5) is 10.4. The van der Waals surface area contributed by atoms with E-state index < -0.39 is 0 Å². The fourth-order valence-corrected chi connectivity index (χ4v) is 9.45. The Hall–Kier alpha value is -6.62. The zero-order valence-electron chi connectivity index (χ0n) is 28.0. The van der Waals surface area contributed by atoms with E-state index in [9.17, 15) is 0 Å². The molecule has 0 fully saturated rings. The van der Waals surface area contributed by atoms with E-state index >= 15 is 0 Å². The predicted octanol–water partition coefficient (Wildman–Crippen LogP) is 13.2. The molecule has 3 heterocycles. The third-order valence-corrected chi connectivity index (χ3v) is 11.7. The Balaban J connectivity index is 1.11. The lowest BCUT2D eigenvalue weighted by Gasteiger charge is -2.12. The number of aromatic nitrogens is 3. The molecule has 3 aromatic heterocycles. The molecule has 0 aliphatic rings. The fraction of sp³-hybridized carbons (Fsp3) is 0. The average Bonchev–Trinajstić information content (AvgIpc) is 3.77. The molecular formula is C48H29N3S. The van der Waals surface area contributed by atoms with Crippen molar-refractivity contribution in [2.75, 3.05) is 0 Å². The van der Waals surface area contributed by atoms with Crippen LogP contribution in [0.25, 0.3) is 103 Å². The molecule has 52 heavy (non-hydrogen) atoms. The van der Waals surface area contributed by atoms with Gasteiger partial charge in [-0.15, -0.1) is 11.3 Å². The van der Waals surface area contributed by atoms with Crippen molar-refractivity contribution in [2.45, 2.75) is 0 Å². The van der Waals surface area contributed by atoms with E-state index in [4.69, 9.17) is 9.97 Å². The number of rotatable bonds is 4. The van der Waals surface area contributed by atoms with Crippen molar-refractivity contribution < 1.29 is 0 Å². The predicted molar refractivity (Wildman–Crippen MR) is 221 cm³/mol. The second kappa shape index (κ2) is 11.5. The molecule has 0 unspecified atom stereocenters. The van der Waals surface area contributed by atoms with Crippen LogP contribution in [0.2, 0.25) is 0 Å². The minimum Gasteiger partial charge on any atom is -0.309 e. The van der Waals surface area contributed by atoms with Gasteiger partial charge in [0, 0.05) is 53.1 Å². The van der Waals surface area contributed by atoms with Gasteiger partial charge in [-0.05, 0) is 58.3 Å². The van der Waals surface area contributed by atoms with Crippen LogP contribution in [-0.2, 0) is 0 Å². The number of benzene rings is 8. The first kappa shape index (κ1) is 29.1. The Bertz CT molecular complexity index is 3180. The molecule has 8 aromatic carbocycles. The molecule has 0 aliphatic carbocycles. The second-order valence-electron chi connectivity index (χ2n) is 13.3. The van der Waals surface area contributed by atoms with Crippen LogP contribution < -0.4 is 0 Å². The van der Waals surface area contributed by atoms with Gasteiger partial charge in [-0.25, -0.2) is 9.97 Å². The van der Waals surface area contributed by atoms with Crippen LogP contribution in [0.1, 0.15) is 0 Å². The summed E-state index contributed by atoms with van der Waals surface area (Å²) in [7, 11) is 0. The molecule has 0 saturated heterocycles. The number of hydrogen-bond donors (Lipinski definition) is 0. The van der Waals surface area contributed by atoms with Gasteiger partial charge in [0.15, 0.2) is 5.82 Å². The molecule has 0 spiro atoms. The van der Waals surface area contributed by atoms with Crippen molar-refractivity contribution in [3.8, 4) is 39.5 Å². The zero-order valence-corrected chi connectivity index (χ0v) is 28.8. The van der Waals surface area contributed by atoms with Crippen molar-refractivity contribution >= 4 is 75.0 Å². The zero-order chi connectivity index (χ0) is 34.2. The standard InChI is InChI=1S/C48H29N3S/c1-2-17-33(18-3-1)51-42-26-9-7-21-40(42)44-43(51)28-27-38-37-24-12-22-35(46(37)52-47(38)44)31-15-10-16-32(29-31)48-49-41-25-8-6-20-39(41)45(50-48)36-23-11-14-30-13-4-5-19-34(30)36/h1-29H. The van der Waals surface area contributed by atoms with Crippen LogP contribution in [0, 0.1) is 0 Å². The van der Waals surface area contributed by atoms with Crippen molar-refractivity contribution in [1.82, 2.24) is 14.5 Å². The molecular weight excluding hydrogens is 651 g/mol. The summed E-state index contributed by atoms with van der Waals surface area (Å²) >= 11 is 1.90. The maximum absolute atomic E-state index is 5.30. The molecule has 0 radical (unpaired) electrons. The van der Waals surface area contributed by atoms with E-state index in [-0.39, 0.29) is 0 Å². The first-order valence-electron chi connectivity index (χ1n) is 17.6. The summed E-state index contributed by atoms with van der Waals surface area (Å²) < 4.78 is 5.00. The molecule has 4 heteroatoms. The summed E-state index contributed by atoms with van der Waals surface area (Å²) in [6, 6.07) is 62.9. The molecule has 242 valence electrons. The lowest BCUT2D eigenvalue weighted by molar-refractivity contribution is 1.18. The maximum atomic E-state index is 5.30. The Morgan fingerprint density at radius 2 is 1.10 bits per heavy atom. The smallest absolute Gasteiger partial charge is 0.160 e. The highest BCUT2D eigenvalue weighted by Crippen LogP contribution is 2.46. The Labute approximate surface area is 303 Å². The van der Waals surface area contributed by atoms with Gasteiger partial charge in [-0.1, -0.05) is 140 Å². The number of fused-ring (bicyclic) bond motifs is 9. The topological polar surface area (TPSA) is 30.7 Å². The van der Waals surface area contributed by atoms with Crippen LogP contribution in [-0.4, -0.2) is 14.5 Å². The second-order valence-corrected chi connectivity index (χ2v) is 14.3. The first-order chi connectivity index (χ1) is 25.8. The Morgan fingerprint density at radius 3 is 2.02 bits per heavy atom. The number of hydrogen-bond acceptors (Lipinski definition) is 3. The number of nitrogens with zero attached hydrogens (tertiary/aromatic N) is 3. The third kappa shape index (κ3) is 4.38. The lowest BCUT2D eigenvalue weighted by Crippen LogP contribution is -1.96. The first-order valence-corrected chi connectivity index (χ1v) is 18.4. The maximum Gasteiger partial charge on any atom is 0.160 e. The molecule has 11 rings (SSSR count). The van der Waals surface area contributed by atoms with Gasteiger partial charge in [-0.2, -0.15) is 0 Å². The Kier molecular flexibility index (Phi) is 6.42. The van der Waals surface area contributed by atoms with Crippen molar-refractivity contribution in [3.05, 3.63) is 176 Å². The summed E-state index contributed by atoms with van der Waals surface area (Å²) in [5.41, 5.74) is 9.99. The molecule has 3 nitrogen and oxygen atoms in total. The van der Waals surface area contributed by atoms with Gasteiger partial charge < -0.3 is 4.57 Å². The van der Waals surface area contributed by atoms with Crippen LogP contribution in [0.5, 0.6) is 0 Å². The van der Waals surface area contributed by atoms with Gasteiger partial charge in [0.1, 0.15) is 0 Å². The normalized spacial score (nSPS) is 11.8. The van der Waals surface area contributed by atoms with Gasteiger partial charge >= 0.3 is 0 Å². The lowest BCUT2D eigenvalue weighted by atomic mass is 9.98. The minimum absolute atomic E-state index is 0.724.